The number of halogens is 2. The van der Waals surface area contributed by atoms with E-state index in [1.165, 1.54) is 24.3 Å². The van der Waals surface area contributed by atoms with Crippen LogP contribution in [-0.4, -0.2) is 30.5 Å². The number of aliphatic hydroxyl groups is 1. The number of amides is 1. The van der Waals surface area contributed by atoms with Crippen molar-refractivity contribution in [1.82, 2.24) is 5.32 Å². The third-order valence-corrected chi connectivity index (χ3v) is 5.26. The van der Waals surface area contributed by atoms with E-state index in [0.717, 1.165) is 11.1 Å². The summed E-state index contributed by atoms with van der Waals surface area (Å²) in [5, 5.41) is 12.1. The molecule has 0 radical (unpaired) electrons. The van der Waals surface area contributed by atoms with Crippen LogP contribution in [0.4, 0.5) is 8.78 Å². The fraction of sp³-hybridized carbons (Fsp3) is 0.375. The fourth-order valence-corrected chi connectivity index (χ4v) is 3.70. The van der Waals surface area contributed by atoms with Gasteiger partial charge in [-0.1, -0.05) is 24.3 Å². The summed E-state index contributed by atoms with van der Waals surface area (Å²) in [6, 6.07) is 12.0. The molecular formula is C24H27F2NO4. The number of rotatable bonds is 9. The maximum Gasteiger partial charge on any atom is 0.286 e. The van der Waals surface area contributed by atoms with Gasteiger partial charge in [0, 0.05) is 31.6 Å². The van der Waals surface area contributed by atoms with Crippen LogP contribution in [0.15, 0.2) is 60.4 Å². The Bertz CT molecular complexity index is 883. The van der Waals surface area contributed by atoms with Crippen molar-refractivity contribution in [3.8, 4) is 0 Å². The van der Waals surface area contributed by atoms with Crippen LogP contribution in [0.1, 0.15) is 36.8 Å². The second-order valence-corrected chi connectivity index (χ2v) is 7.39. The molecule has 1 amide bonds. The molecule has 2 N–H and O–H groups in total. The summed E-state index contributed by atoms with van der Waals surface area (Å²) in [7, 11) is 0. The third kappa shape index (κ3) is 6.12. The number of hydrogen-bond donors (Lipinski definition) is 2. The highest BCUT2D eigenvalue weighted by Crippen LogP contribution is 2.39. The predicted octanol–water partition coefficient (Wildman–Crippen LogP) is 4.03. The predicted molar refractivity (Wildman–Crippen MR) is 112 cm³/mol. The highest BCUT2D eigenvalue weighted by molar-refractivity contribution is 5.91. The van der Waals surface area contributed by atoms with Gasteiger partial charge in [-0.05, 0) is 61.2 Å². The molecule has 5 nitrogen and oxygen atoms in total. The van der Waals surface area contributed by atoms with Crippen LogP contribution in [0, 0.1) is 17.6 Å². The van der Waals surface area contributed by atoms with E-state index >= 15 is 0 Å². The topological polar surface area (TPSA) is 67.8 Å². The van der Waals surface area contributed by atoms with Gasteiger partial charge in [0.15, 0.2) is 5.76 Å². The number of allylic oxidation sites excluding steroid dienone is 1. The van der Waals surface area contributed by atoms with E-state index in [2.05, 4.69) is 5.32 Å². The molecule has 0 saturated heterocycles. The quantitative estimate of drug-likeness (QED) is 0.629. The van der Waals surface area contributed by atoms with Gasteiger partial charge in [-0.15, -0.1) is 0 Å². The van der Waals surface area contributed by atoms with Crippen molar-refractivity contribution in [3.63, 3.8) is 0 Å². The van der Waals surface area contributed by atoms with Crippen molar-refractivity contribution in [3.05, 3.63) is 83.1 Å². The SMILES string of the molecule is CCO[C@H]1OC(C(=O)NCc2ccc(F)cc2)=C[C@@H](c2ccc(F)cc2)[C@@H]1CCCO. The van der Waals surface area contributed by atoms with E-state index in [0.29, 0.717) is 19.4 Å². The molecule has 3 atom stereocenters. The van der Waals surface area contributed by atoms with Crippen molar-refractivity contribution < 1.29 is 28.2 Å². The number of nitrogens with one attached hydrogen (secondary N) is 1. The summed E-state index contributed by atoms with van der Waals surface area (Å²) >= 11 is 0. The minimum absolute atomic E-state index is 0.0280. The molecular weight excluding hydrogens is 404 g/mol. The maximum atomic E-state index is 13.5. The van der Waals surface area contributed by atoms with E-state index in [-0.39, 0.29) is 42.4 Å². The molecule has 1 aliphatic heterocycles. The number of aliphatic hydroxyl groups excluding tert-OH is 1. The van der Waals surface area contributed by atoms with Gasteiger partial charge >= 0.3 is 0 Å². The molecule has 3 rings (SSSR count). The molecule has 2 aromatic rings. The first-order valence-corrected chi connectivity index (χ1v) is 10.4. The zero-order valence-electron chi connectivity index (χ0n) is 17.4. The highest BCUT2D eigenvalue weighted by atomic mass is 19.1. The Morgan fingerprint density at radius 2 is 1.74 bits per heavy atom. The van der Waals surface area contributed by atoms with Gasteiger partial charge in [0.2, 0.25) is 6.29 Å². The summed E-state index contributed by atoms with van der Waals surface area (Å²) in [5.41, 5.74) is 1.59. The first-order chi connectivity index (χ1) is 15.0. The van der Waals surface area contributed by atoms with Crippen molar-refractivity contribution in [2.24, 2.45) is 5.92 Å². The van der Waals surface area contributed by atoms with Crippen LogP contribution in [0.2, 0.25) is 0 Å². The number of hydrogen-bond acceptors (Lipinski definition) is 4. The van der Waals surface area contributed by atoms with Crippen LogP contribution < -0.4 is 5.32 Å². The van der Waals surface area contributed by atoms with Gasteiger partial charge < -0.3 is 19.9 Å². The van der Waals surface area contributed by atoms with Gasteiger partial charge in [-0.25, -0.2) is 8.78 Å². The fourth-order valence-electron chi connectivity index (χ4n) is 3.70. The second-order valence-electron chi connectivity index (χ2n) is 7.39. The van der Waals surface area contributed by atoms with E-state index in [4.69, 9.17) is 9.47 Å². The molecule has 0 fully saturated rings. The third-order valence-electron chi connectivity index (χ3n) is 5.26. The Balaban J connectivity index is 1.83. The lowest BCUT2D eigenvalue weighted by molar-refractivity contribution is -0.166. The molecule has 0 saturated carbocycles. The largest absolute Gasteiger partial charge is 0.459 e. The number of ether oxygens (including phenoxy) is 2. The van der Waals surface area contributed by atoms with Gasteiger partial charge in [-0.2, -0.15) is 0 Å². The van der Waals surface area contributed by atoms with Crippen LogP contribution >= 0.6 is 0 Å². The van der Waals surface area contributed by atoms with E-state index in [9.17, 15) is 18.7 Å². The molecule has 0 spiro atoms. The van der Waals surface area contributed by atoms with Gasteiger partial charge in [0.05, 0.1) is 0 Å². The Hall–Kier alpha value is -2.77. The zero-order valence-corrected chi connectivity index (χ0v) is 17.4. The lowest BCUT2D eigenvalue weighted by Crippen LogP contribution is -2.39. The standard InChI is InChI=1S/C24H27F2NO4/c1-2-30-24-20(4-3-13-28)21(17-7-11-19(26)12-8-17)14-22(31-24)23(29)27-15-16-5-9-18(25)10-6-16/h5-12,14,20-21,24,28H,2-4,13,15H2,1H3,(H,27,29)/t20-,21-,24-/m0/s1. The molecule has 1 heterocycles. The lowest BCUT2D eigenvalue weighted by atomic mass is 9.80. The second kappa shape index (κ2) is 11.0. The van der Waals surface area contributed by atoms with Gasteiger partial charge in [0.1, 0.15) is 11.6 Å². The molecule has 0 aromatic heterocycles. The minimum Gasteiger partial charge on any atom is -0.459 e. The molecule has 7 heteroatoms. The summed E-state index contributed by atoms with van der Waals surface area (Å²) in [6.45, 7) is 2.47. The van der Waals surface area contributed by atoms with Crippen molar-refractivity contribution in [2.45, 2.75) is 38.5 Å². The van der Waals surface area contributed by atoms with E-state index < -0.39 is 12.2 Å². The lowest BCUT2D eigenvalue weighted by Gasteiger charge is -2.37. The first-order valence-electron chi connectivity index (χ1n) is 10.4. The minimum atomic E-state index is -0.678. The normalized spacial score (nSPS) is 20.6. The van der Waals surface area contributed by atoms with Crippen molar-refractivity contribution in [2.75, 3.05) is 13.2 Å². The number of carbonyl (C=O) groups excluding carboxylic acids is 1. The molecule has 1 aliphatic rings. The van der Waals surface area contributed by atoms with Crippen LogP contribution in [0.5, 0.6) is 0 Å². The smallest absolute Gasteiger partial charge is 0.286 e. The molecule has 0 aliphatic carbocycles. The Morgan fingerprint density at radius 1 is 1.10 bits per heavy atom. The van der Waals surface area contributed by atoms with E-state index in [1.807, 2.05) is 6.92 Å². The van der Waals surface area contributed by atoms with Crippen molar-refractivity contribution in [1.29, 1.82) is 0 Å². The highest BCUT2D eigenvalue weighted by Gasteiger charge is 2.37. The zero-order chi connectivity index (χ0) is 22.2. The summed E-state index contributed by atoms with van der Waals surface area (Å²) in [5.74, 6) is -1.37. The van der Waals surface area contributed by atoms with Crippen molar-refractivity contribution >= 4 is 5.91 Å². The molecule has 2 aromatic carbocycles. The summed E-state index contributed by atoms with van der Waals surface area (Å²) < 4.78 is 38.2. The molecule has 0 bridgehead atoms. The van der Waals surface area contributed by atoms with Gasteiger partial charge in [0.25, 0.3) is 5.91 Å². The average Bonchev–Trinajstić information content (AvgIpc) is 2.78. The van der Waals surface area contributed by atoms with Crippen LogP contribution in [0.25, 0.3) is 0 Å². The molecule has 0 unspecified atom stereocenters. The molecule has 31 heavy (non-hydrogen) atoms. The van der Waals surface area contributed by atoms with Crippen LogP contribution in [0.3, 0.4) is 0 Å². The summed E-state index contributed by atoms with van der Waals surface area (Å²) in [4.78, 5) is 12.8. The monoisotopic (exact) mass is 431 g/mol. The number of benzene rings is 2. The summed E-state index contributed by atoms with van der Waals surface area (Å²) in [6.07, 6.45) is 2.22. The van der Waals surface area contributed by atoms with E-state index in [1.54, 1.807) is 30.3 Å². The Morgan fingerprint density at radius 3 is 2.35 bits per heavy atom. The number of carbonyl (C=O) groups is 1. The Labute approximate surface area is 180 Å². The van der Waals surface area contributed by atoms with Gasteiger partial charge in [-0.3, -0.25) is 4.79 Å². The first kappa shape index (κ1) is 22.9. The molecule has 166 valence electrons. The Kier molecular flexibility index (Phi) is 8.14. The van der Waals surface area contributed by atoms with Crippen LogP contribution in [-0.2, 0) is 20.8 Å². The maximum absolute atomic E-state index is 13.5. The average molecular weight is 431 g/mol.